The molecule has 0 spiro atoms. The van der Waals surface area contributed by atoms with E-state index in [0.29, 0.717) is 0 Å². The molecule has 0 aliphatic carbocycles. The SMILES string of the molecule is COc1cccc(C=NNC(=O)n2ccc3ccccc32)c1. The summed E-state index contributed by atoms with van der Waals surface area (Å²) in [6.07, 6.45) is 3.30. The quantitative estimate of drug-likeness (QED) is 0.595. The van der Waals surface area contributed by atoms with Gasteiger partial charge in [0.25, 0.3) is 0 Å². The van der Waals surface area contributed by atoms with Gasteiger partial charge in [-0.15, -0.1) is 0 Å². The van der Waals surface area contributed by atoms with Crippen LogP contribution in [0.4, 0.5) is 4.79 Å². The summed E-state index contributed by atoms with van der Waals surface area (Å²) >= 11 is 0. The largest absolute Gasteiger partial charge is 0.497 e. The van der Waals surface area contributed by atoms with Crippen LogP contribution in [0.1, 0.15) is 5.56 Å². The molecule has 0 aliphatic heterocycles. The van der Waals surface area contributed by atoms with E-state index in [1.165, 1.54) is 4.57 Å². The van der Waals surface area contributed by atoms with E-state index in [0.717, 1.165) is 22.2 Å². The standard InChI is InChI=1S/C17H15N3O2/c1-22-15-7-4-5-13(11-15)12-18-19-17(21)20-10-9-14-6-2-3-8-16(14)20/h2-12H,1H3,(H,19,21). The number of benzene rings is 2. The molecule has 3 aromatic rings. The number of hydrazone groups is 1. The van der Waals surface area contributed by atoms with Gasteiger partial charge in [0.1, 0.15) is 5.75 Å². The average Bonchev–Trinajstić information content (AvgIpc) is 2.99. The van der Waals surface area contributed by atoms with Crippen molar-refractivity contribution in [3.8, 4) is 5.75 Å². The van der Waals surface area contributed by atoms with Crippen molar-refractivity contribution in [1.82, 2.24) is 9.99 Å². The lowest BCUT2D eigenvalue weighted by Gasteiger charge is -2.03. The Hall–Kier alpha value is -3.08. The third-order valence-corrected chi connectivity index (χ3v) is 3.29. The van der Waals surface area contributed by atoms with Crippen LogP contribution in [0.3, 0.4) is 0 Å². The van der Waals surface area contributed by atoms with Crippen molar-refractivity contribution in [1.29, 1.82) is 0 Å². The Kier molecular flexibility index (Phi) is 3.87. The van der Waals surface area contributed by atoms with Gasteiger partial charge < -0.3 is 4.74 Å². The molecule has 1 aromatic heterocycles. The molecule has 0 fully saturated rings. The molecule has 0 saturated heterocycles. The maximum atomic E-state index is 12.1. The second kappa shape index (κ2) is 6.13. The van der Waals surface area contributed by atoms with Gasteiger partial charge in [-0.25, -0.2) is 10.2 Å². The highest BCUT2D eigenvalue weighted by Crippen LogP contribution is 2.14. The summed E-state index contributed by atoms with van der Waals surface area (Å²) in [6.45, 7) is 0. The molecule has 0 atom stereocenters. The van der Waals surface area contributed by atoms with Gasteiger partial charge in [-0.05, 0) is 29.8 Å². The summed E-state index contributed by atoms with van der Waals surface area (Å²) in [4.78, 5) is 12.1. The van der Waals surface area contributed by atoms with Gasteiger partial charge in [0.2, 0.25) is 0 Å². The number of hydrogen-bond donors (Lipinski definition) is 1. The number of carbonyl (C=O) groups is 1. The molecule has 5 nitrogen and oxygen atoms in total. The fraction of sp³-hybridized carbons (Fsp3) is 0.0588. The maximum absolute atomic E-state index is 12.1. The predicted octanol–water partition coefficient (Wildman–Crippen LogP) is 3.24. The molecule has 0 radical (unpaired) electrons. The van der Waals surface area contributed by atoms with Crippen LogP contribution in [0.25, 0.3) is 10.9 Å². The van der Waals surface area contributed by atoms with Crippen LogP contribution < -0.4 is 10.2 Å². The smallest absolute Gasteiger partial charge is 0.346 e. The van der Waals surface area contributed by atoms with Crippen LogP contribution in [0.5, 0.6) is 5.75 Å². The normalized spacial score (nSPS) is 11.0. The minimum absolute atomic E-state index is 0.305. The van der Waals surface area contributed by atoms with Gasteiger partial charge in [-0.1, -0.05) is 30.3 Å². The molecule has 22 heavy (non-hydrogen) atoms. The zero-order valence-electron chi connectivity index (χ0n) is 12.1. The summed E-state index contributed by atoms with van der Waals surface area (Å²) in [6, 6.07) is 16.7. The molecule has 0 unspecified atom stereocenters. The molecule has 1 heterocycles. The molecular weight excluding hydrogens is 278 g/mol. The lowest BCUT2D eigenvalue weighted by atomic mass is 10.2. The minimum atomic E-state index is -0.305. The van der Waals surface area contributed by atoms with Crippen molar-refractivity contribution in [2.45, 2.75) is 0 Å². The van der Waals surface area contributed by atoms with Crippen molar-refractivity contribution < 1.29 is 9.53 Å². The molecule has 3 rings (SSSR count). The number of carbonyl (C=O) groups excluding carboxylic acids is 1. The molecule has 0 aliphatic rings. The highest BCUT2D eigenvalue weighted by molar-refractivity contribution is 5.92. The van der Waals surface area contributed by atoms with Crippen LogP contribution in [0, 0.1) is 0 Å². The molecule has 0 saturated carbocycles. The first-order valence-corrected chi connectivity index (χ1v) is 6.81. The van der Waals surface area contributed by atoms with E-state index in [1.54, 1.807) is 19.5 Å². The topological polar surface area (TPSA) is 55.6 Å². The van der Waals surface area contributed by atoms with Gasteiger partial charge in [-0.2, -0.15) is 5.10 Å². The maximum Gasteiger partial charge on any atom is 0.346 e. The summed E-state index contributed by atoms with van der Waals surface area (Å²) in [5, 5.41) is 4.99. The van der Waals surface area contributed by atoms with E-state index >= 15 is 0 Å². The highest BCUT2D eigenvalue weighted by Gasteiger charge is 2.06. The van der Waals surface area contributed by atoms with Crippen LogP contribution in [0.15, 0.2) is 65.9 Å². The first-order valence-electron chi connectivity index (χ1n) is 6.81. The second-order valence-corrected chi connectivity index (χ2v) is 4.70. The van der Waals surface area contributed by atoms with E-state index in [2.05, 4.69) is 10.5 Å². The van der Waals surface area contributed by atoms with Gasteiger partial charge in [0.05, 0.1) is 18.8 Å². The van der Waals surface area contributed by atoms with Gasteiger partial charge in [0, 0.05) is 11.6 Å². The predicted molar refractivity (Wildman–Crippen MR) is 86.5 cm³/mol. The summed E-state index contributed by atoms with van der Waals surface area (Å²) in [7, 11) is 1.61. The first-order chi connectivity index (χ1) is 10.8. The Bertz CT molecular complexity index is 837. The molecule has 0 bridgehead atoms. The van der Waals surface area contributed by atoms with E-state index in [4.69, 9.17) is 4.74 Å². The van der Waals surface area contributed by atoms with E-state index in [-0.39, 0.29) is 6.03 Å². The lowest BCUT2D eigenvalue weighted by molar-refractivity contribution is 0.244. The Morgan fingerprint density at radius 1 is 1.18 bits per heavy atom. The number of hydrogen-bond acceptors (Lipinski definition) is 3. The Morgan fingerprint density at radius 3 is 2.91 bits per heavy atom. The Morgan fingerprint density at radius 2 is 2.05 bits per heavy atom. The molecule has 5 heteroatoms. The van der Waals surface area contributed by atoms with Gasteiger partial charge in [0.15, 0.2) is 0 Å². The molecule has 1 N–H and O–H groups in total. The van der Waals surface area contributed by atoms with E-state index in [1.807, 2.05) is 54.6 Å². The summed E-state index contributed by atoms with van der Waals surface area (Å²) < 4.78 is 6.66. The van der Waals surface area contributed by atoms with Crippen molar-refractivity contribution >= 4 is 23.1 Å². The van der Waals surface area contributed by atoms with Gasteiger partial charge >= 0.3 is 6.03 Å². The molecule has 1 amide bonds. The average molecular weight is 293 g/mol. The zero-order valence-corrected chi connectivity index (χ0v) is 12.1. The second-order valence-electron chi connectivity index (χ2n) is 4.70. The number of ether oxygens (including phenoxy) is 1. The van der Waals surface area contributed by atoms with Crippen molar-refractivity contribution in [3.05, 3.63) is 66.4 Å². The van der Waals surface area contributed by atoms with E-state index < -0.39 is 0 Å². The fourth-order valence-electron chi connectivity index (χ4n) is 2.20. The number of rotatable bonds is 3. The fourth-order valence-corrected chi connectivity index (χ4v) is 2.20. The summed E-state index contributed by atoms with van der Waals surface area (Å²) in [5.74, 6) is 0.742. The minimum Gasteiger partial charge on any atom is -0.497 e. The van der Waals surface area contributed by atoms with Crippen LogP contribution in [0.2, 0.25) is 0 Å². The van der Waals surface area contributed by atoms with Crippen molar-refractivity contribution in [2.75, 3.05) is 7.11 Å². The number of methoxy groups -OCH3 is 1. The van der Waals surface area contributed by atoms with Gasteiger partial charge in [-0.3, -0.25) is 4.57 Å². The third kappa shape index (κ3) is 2.83. The number of nitrogens with one attached hydrogen (secondary N) is 1. The third-order valence-electron chi connectivity index (χ3n) is 3.29. The van der Waals surface area contributed by atoms with Crippen molar-refractivity contribution in [2.24, 2.45) is 5.10 Å². The number of fused-ring (bicyclic) bond motifs is 1. The number of amides is 1. The monoisotopic (exact) mass is 293 g/mol. The molecule has 110 valence electrons. The Balaban J connectivity index is 1.73. The lowest BCUT2D eigenvalue weighted by Crippen LogP contribution is -2.23. The highest BCUT2D eigenvalue weighted by atomic mass is 16.5. The van der Waals surface area contributed by atoms with Crippen molar-refractivity contribution in [3.63, 3.8) is 0 Å². The van der Waals surface area contributed by atoms with Crippen LogP contribution in [-0.2, 0) is 0 Å². The zero-order chi connectivity index (χ0) is 15.4. The number of para-hydroxylation sites is 1. The number of aromatic nitrogens is 1. The van der Waals surface area contributed by atoms with Crippen LogP contribution in [-0.4, -0.2) is 23.9 Å². The molecular formula is C17H15N3O2. The molecule has 2 aromatic carbocycles. The van der Waals surface area contributed by atoms with E-state index in [9.17, 15) is 4.79 Å². The Labute approximate surface area is 127 Å². The summed E-state index contributed by atoms with van der Waals surface area (Å²) in [5.41, 5.74) is 4.20. The number of nitrogens with zero attached hydrogens (tertiary/aromatic N) is 2. The van der Waals surface area contributed by atoms with Crippen LogP contribution >= 0.6 is 0 Å². The first kappa shape index (κ1) is 13.9.